The monoisotopic (exact) mass is 334 g/mol. The Bertz CT molecular complexity index is 753. The highest BCUT2D eigenvalue weighted by Gasteiger charge is 2.32. The quantitative estimate of drug-likeness (QED) is 0.666. The fraction of sp³-hybridized carbons (Fsp3) is 0.0667. The molecule has 1 aliphatic heterocycles. The number of nitrogens with zero attached hydrogens (tertiary/aromatic N) is 1. The topological polar surface area (TPSA) is 32.3 Å². The second-order valence-electron chi connectivity index (χ2n) is 4.62. The summed E-state index contributed by atoms with van der Waals surface area (Å²) in [6.07, 6.45) is 1.79. The van der Waals surface area contributed by atoms with Crippen LogP contribution in [-0.2, 0) is 4.79 Å². The van der Waals surface area contributed by atoms with Gasteiger partial charge in [-0.1, -0.05) is 17.7 Å². The molecule has 1 fully saturated rings. The van der Waals surface area contributed by atoms with Crippen LogP contribution in [0, 0.1) is 6.92 Å². The first-order valence-corrected chi connectivity index (χ1v) is 7.94. The van der Waals surface area contributed by atoms with Crippen LogP contribution in [0.1, 0.15) is 11.1 Å². The third-order valence-corrected chi connectivity index (χ3v) is 4.54. The molecule has 1 amide bonds. The smallest absolute Gasteiger partial charge is 0.281 e. The van der Waals surface area contributed by atoms with Crippen molar-refractivity contribution >= 4 is 57.9 Å². The number of hydrogen-bond acceptors (Lipinski definition) is 3. The molecule has 1 saturated heterocycles. The number of aryl methyl sites for hydroxylation is 1. The predicted octanol–water partition coefficient (Wildman–Crippen LogP) is 3.97. The highest BCUT2D eigenvalue weighted by Crippen LogP contribution is 2.27. The minimum atomic E-state index is -0.175. The standard InChI is InChI=1S/C15H11ClN2OS2/c1-9-2-3-11(7-12(9)16)18-14(19)13(17-15(18)20)6-10-4-5-21-8-10/h2-8H,1H3,(H,17,20)/b13-6+. The van der Waals surface area contributed by atoms with E-state index in [1.54, 1.807) is 23.5 Å². The molecule has 1 aromatic heterocycles. The van der Waals surface area contributed by atoms with Crippen molar-refractivity contribution in [3.63, 3.8) is 0 Å². The van der Waals surface area contributed by atoms with Gasteiger partial charge in [-0.15, -0.1) is 0 Å². The number of halogens is 1. The van der Waals surface area contributed by atoms with Gasteiger partial charge in [0.25, 0.3) is 5.91 Å². The molecule has 0 radical (unpaired) electrons. The van der Waals surface area contributed by atoms with Gasteiger partial charge in [0.15, 0.2) is 5.11 Å². The van der Waals surface area contributed by atoms with Gasteiger partial charge >= 0.3 is 0 Å². The van der Waals surface area contributed by atoms with E-state index in [1.165, 1.54) is 4.90 Å². The van der Waals surface area contributed by atoms with Gasteiger partial charge in [0, 0.05) is 5.02 Å². The van der Waals surface area contributed by atoms with Crippen molar-refractivity contribution in [3.8, 4) is 0 Å². The largest absolute Gasteiger partial charge is 0.327 e. The molecule has 3 rings (SSSR count). The zero-order valence-corrected chi connectivity index (χ0v) is 13.5. The molecule has 0 aliphatic carbocycles. The molecule has 2 heterocycles. The lowest BCUT2D eigenvalue weighted by Gasteiger charge is -2.14. The van der Waals surface area contributed by atoms with Crippen LogP contribution in [0.4, 0.5) is 5.69 Å². The molecule has 21 heavy (non-hydrogen) atoms. The van der Waals surface area contributed by atoms with Gasteiger partial charge in [0.2, 0.25) is 0 Å². The molecule has 1 aliphatic rings. The van der Waals surface area contributed by atoms with Crippen LogP contribution >= 0.6 is 35.2 Å². The summed E-state index contributed by atoms with van der Waals surface area (Å²) in [6.45, 7) is 1.91. The van der Waals surface area contributed by atoms with Gasteiger partial charge in [0.1, 0.15) is 5.70 Å². The van der Waals surface area contributed by atoms with Gasteiger partial charge < -0.3 is 5.32 Å². The zero-order valence-electron chi connectivity index (χ0n) is 11.1. The van der Waals surface area contributed by atoms with E-state index in [1.807, 2.05) is 35.9 Å². The van der Waals surface area contributed by atoms with Crippen LogP contribution < -0.4 is 10.2 Å². The normalized spacial score (nSPS) is 16.7. The lowest BCUT2D eigenvalue weighted by molar-refractivity contribution is -0.113. The summed E-state index contributed by atoms with van der Waals surface area (Å²) in [6, 6.07) is 7.39. The number of hydrogen-bond donors (Lipinski definition) is 1. The van der Waals surface area contributed by atoms with Crippen LogP contribution in [0.2, 0.25) is 5.02 Å². The summed E-state index contributed by atoms with van der Waals surface area (Å²) < 4.78 is 0. The number of thiocarbonyl (C=S) groups is 1. The fourth-order valence-electron chi connectivity index (χ4n) is 2.01. The first kappa shape index (κ1) is 14.3. The summed E-state index contributed by atoms with van der Waals surface area (Å²) in [5, 5.41) is 7.86. The van der Waals surface area contributed by atoms with E-state index in [0.29, 0.717) is 21.5 Å². The molecular formula is C15H11ClN2OS2. The van der Waals surface area contributed by atoms with E-state index in [0.717, 1.165) is 11.1 Å². The van der Waals surface area contributed by atoms with Crippen LogP contribution in [0.3, 0.4) is 0 Å². The Morgan fingerprint density at radius 1 is 1.38 bits per heavy atom. The number of carbonyl (C=O) groups is 1. The van der Waals surface area contributed by atoms with Gasteiger partial charge in [-0.05, 0) is 65.3 Å². The highest BCUT2D eigenvalue weighted by molar-refractivity contribution is 7.80. The molecule has 1 N–H and O–H groups in total. The van der Waals surface area contributed by atoms with Crippen molar-refractivity contribution in [1.82, 2.24) is 5.32 Å². The Labute approximate surface area is 136 Å². The number of amides is 1. The minimum absolute atomic E-state index is 0.175. The van der Waals surface area contributed by atoms with Gasteiger partial charge in [-0.3, -0.25) is 9.69 Å². The molecule has 0 spiro atoms. The van der Waals surface area contributed by atoms with Gasteiger partial charge in [-0.2, -0.15) is 11.3 Å². The molecule has 2 aromatic rings. The van der Waals surface area contributed by atoms with Crippen LogP contribution in [0.5, 0.6) is 0 Å². The Hall–Kier alpha value is -1.69. The molecule has 0 atom stereocenters. The number of thiophene rings is 1. The average Bonchev–Trinajstić information content (AvgIpc) is 3.03. The van der Waals surface area contributed by atoms with E-state index in [2.05, 4.69) is 5.32 Å². The van der Waals surface area contributed by atoms with Crippen molar-refractivity contribution in [2.75, 3.05) is 4.90 Å². The third-order valence-electron chi connectivity index (χ3n) is 3.15. The number of carbonyl (C=O) groups excluding carboxylic acids is 1. The Kier molecular flexibility index (Phi) is 3.80. The van der Waals surface area contributed by atoms with Crippen molar-refractivity contribution in [3.05, 3.63) is 56.9 Å². The Morgan fingerprint density at radius 3 is 2.86 bits per heavy atom. The number of rotatable bonds is 2. The van der Waals surface area contributed by atoms with E-state index >= 15 is 0 Å². The Morgan fingerprint density at radius 2 is 2.19 bits per heavy atom. The molecule has 3 nitrogen and oxygen atoms in total. The maximum absolute atomic E-state index is 12.5. The summed E-state index contributed by atoms with van der Waals surface area (Å²) in [7, 11) is 0. The predicted molar refractivity (Wildman–Crippen MR) is 91.7 cm³/mol. The number of benzene rings is 1. The molecule has 106 valence electrons. The second kappa shape index (κ2) is 5.60. The van der Waals surface area contributed by atoms with Crippen molar-refractivity contribution in [1.29, 1.82) is 0 Å². The Balaban J connectivity index is 1.95. The number of nitrogens with one attached hydrogen (secondary N) is 1. The zero-order chi connectivity index (χ0) is 15.0. The van der Waals surface area contributed by atoms with Gasteiger partial charge in [0.05, 0.1) is 5.69 Å². The van der Waals surface area contributed by atoms with E-state index in [4.69, 9.17) is 23.8 Å². The van der Waals surface area contributed by atoms with Crippen molar-refractivity contribution < 1.29 is 4.79 Å². The molecular weight excluding hydrogens is 324 g/mol. The first-order valence-electron chi connectivity index (χ1n) is 6.22. The maximum atomic E-state index is 12.5. The fourth-order valence-corrected chi connectivity index (χ4v) is 3.11. The lowest BCUT2D eigenvalue weighted by atomic mass is 10.2. The maximum Gasteiger partial charge on any atom is 0.281 e. The van der Waals surface area contributed by atoms with E-state index < -0.39 is 0 Å². The van der Waals surface area contributed by atoms with E-state index in [-0.39, 0.29) is 5.91 Å². The van der Waals surface area contributed by atoms with Crippen molar-refractivity contribution in [2.45, 2.75) is 6.92 Å². The molecule has 0 unspecified atom stereocenters. The lowest BCUT2D eigenvalue weighted by Crippen LogP contribution is -2.30. The minimum Gasteiger partial charge on any atom is -0.327 e. The highest BCUT2D eigenvalue weighted by atomic mass is 35.5. The second-order valence-corrected chi connectivity index (χ2v) is 6.19. The summed E-state index contributed by atoms with van der Waals surface area (Å²) in [5.41, 5.74) is 3.07. The van der Waals surface area contributed by atoms with Crippen LogP contribution in [0.15, 0.2) is 40.7 Å². The van der Waals surface area contributed by atoms with Crippen LogP contribution in [-0.4, -0.2) is 11.0 Å². The van der Waals surface area contributed by atoms with Crippen molar-refractivity contribution in [2.24, 2.45) is 0 Å². The molecule has 6 heteroatoms. The van der Waals surface area contributed by atoms with Gasteiger partial charge in [-0.25, -0.2) is 0 Å². The van der Waals surface area contributed by atoms with E-state index in [9.17, 15) is 4.79 Å². The number of anilines is 1. The first-order chi connectivity index (χ1) is 10.1. The summed E-state index contributed by atoms with van der Waals surface area (Å²) >= 11 is 13.0. The molecule has 1 aromatic carbocycles. The molecule has 0 saturated carbocycles. The SMILES string of the molecule is Cc1ccc(N2C(=O)/C(=C\c3ccsc3)NC2=S)cc1Cl. The molecule has 0 bridgehead atoms. The van der Waals surface area contributed by atoms with Crippen LogP contribution in [0.25, 0.3) is 6.08 Å². The third kappa shape index (κ3) is 2.72. The summed E-state index contributed by atoms with van der Waals surface area (Å²) in [4.78, 5) is 14.0. The summed E-state index contributed by atoms with van der Waals surface area (Å²) in [5.74, 6) is -0.175. The average molecular weight is 335 g/mol.